The smallest absolute Gasteiger partial charge is 0.140 e. The van der Waals surface area contributed by atoms with Gasteiger partial charge >= 0.3 is 0 Å². The van der Waals surface area contributed by atoms with Gasteiger partial charge in [0.1, 0.15) is 11.8 Å². The molecule has 6 nitrogen and oxygen atoms in total. The lowest BCUT2D eigenvalue weighted by molar-refractivity contribution is 0.0171. The number of anilines is 1. The van der Waals surface area contributed by atoms with E-state index in [1.807, 2.05) is 6.07 Å². The van der Waals surface area contributed by atoms with E-state index in [1.54, 1.807) is 18.3 Å². The van der Waals surface area contributed by atoms with Gasteiger partial charge in [-0.15, -0.1) is 0 Å². The van der Waals surface area contributed by atoms with Crippen molar-refractivity contribution in [1.29, 1.82) is 5.26 Å². The standard InChI is InChI=1S/C13H18N4O2/c14-7-11-1-2-12(8-15-11)16-9-13(18)10-17-3-5-19-6-4-17/h1-2,8,13,16,18H,3-6,9-10H2. The van der Waals surface area contributed by atoms with Crippen molar-refractivity contribution in [3.63, 3.8) is 0 Å². The number of β-amino-alcohol motifs (C(OH)–C–C–N with tert-alkyl or cyclic N) is 1. The molecule has 2 rings (SSSR count). The van der Waals surface area contributed by atoms with Crippen LogP contribution >= 0.6 is 0 Å². The maximum atomic E-state index is 9.95. The van der Waals surface area contributed by atoms with Crippen molar-refractivity contribution < 1.29 is 9.84 Å². The van der Waals surface area contributed by atoms with E-state index in [0.717, 1.165) is 32.0 Å². The molecule has 0 aliphatic carbocycles. The van der Waals surface area contributed by atoms with Crippen molar-refractivity contribution >= 4 is 5.69 Å². The molecular weight excluding hydrogens is 244 g/mol. The number of morpholine rings is 1. The third kappa shape index (κ3) is 4.48. The summed E-state index contributed by atoms with van der Waals surface area (Å²) in [5.41, 5.74) is 1.19. The van der Waals surface area contributed by atoms with Crippen LogP contribution in [0.1, 0.15) is 5.69 Å². The van der Waals surface area contributed by atoms with Crippen LogP contribution in [-0.4, -0.2) is 60.5 Å². The summed E-state index contributed by atoms with van der Waals surface area (Å²) in [6, 6.07) is 5.40. The highest BCUT2D eigenvalue weighted by molar-refractivity contribution is 5.42. The highest BCUT2D eigenvalue weighted by atomic mass is 16.5. The Morgan fingerprint density at radius 2 is 2.26 bits per heavy atom. The van der Waals surface area contributed by atoms with E-state index in [1.165, 1.54) is 0 Å². The fraction of sp³-hybridized carbons (Fsp3) is 0.538. The summed E-state index contributed by atoms with van der Waals surface area (Å²) in [4.78, 5) is 6.15. The van der Waals surface area contributed by atoms with Gasteiger partial charge in [0.15, 0.2) is 0 Å². The molecular formula is C13H18N4O2. The van der Waals surface area contributed by atoms with Crippen LogP contribution in [0.25, 0.3) is 0 Å². The molecule has 0 aromatic carbocycles. The summed E-state index contributed by atoms with van der Waals surface area (Å²) in [7, 11) is 0. The summed E-state index contributed by atoms with van der Waals surface area (Å²) in [6.07, 6.45) is 1.16. The predicted molar refractivity (Wildman–Crippen MR) is 70.7 cm³/mol. The van der Waals surface area contributed by atoms with E-state index in [9.17, 15) is 5.11 Å². The molecule has 0 amide bonds. The maximum absolute atomic E-state index is 9.95. The summed E-state index contributed by atoms with van der Waals surface area (Å²) in [6.45, 7) is 4.31. The molecule has 1 fully saturated rings. The van der Waals surface area contributed by atoms with Gasteiger partial charge in [-0.05, 0) is 12.1 Å². The zero-order valence-electron chi connectivity index (χ0n) is 10.7. The number of aromatic nitrogens is 1. The second kappa shape index (κ2) is 7.04. The average Bonchev–Trinajstić information content (AvgIpc) is 2.47. The Morgan fingerprint density at radius 3 is 2.89 bits per heavy atom. The van der Waals surface area contributed by atoms with Gasteiger partial charge in [-0.1, -0.05) is 0 Å². The van der Waals surface area contributed by atoms with E-state index in [-0.39, 0.29) is 0 Å². The minimum atomic E-state index is -0.436. The normalized spacial score (nSPS) is 17.7. The van der Waals surface area contributed by atoms with Gasteiger partial charge in [0.2, 0.25) is 0 Å². The Morgan fingerprint density at radius 1 is 1.47 bits per heavy atom. The molecule has 1 unspecified atom stereocenters. The molecule has 1 aromatic heterocycles. The lowest BCUT2D eigenvalue weighted by atomic mass is 10.3. The van der Waals surface area contributed by atoms with Gasteiger partial charge in [0, 0.05) is 26.2 Å². The molecule has 0 bridgehead atoms. The van der Waals surface area contributed by atoms with E-state index in [4.69, 9.17) is 10.00 Å². The SMILES string of the molecule is N#Cc1ccc(NCC(O)CN2CCOCC2)cn1. The highest BCUT2D eigenvalue weighted by Crippen LogP contribution is 2.06. The zero-order valence-corrected chi connectivity index (χ0v) is 10.7. The summed E-state index contributed by atoms with van der Waals surface area (Å²) in [5, 5.41) is 21.7. The number of ether oxygens (including phenoxy) is 1. The van der Waals surface area contributed by atoms with Crippen LogP contribution < -0.4 is 5.32 Å². The molecule has 0 spiro atoms. The molecule has 2 heterocycles. The third-order valence-corrected chi connectivity index (χ3v) is 2.99. The average molecular weight is 262 g/mol. The molecule has 19 heavy (non-hydrogen) atoms. The molecule has 1 aromatic rings. The predicted octanol–water partition coefficient (Wildman–Crippen LogP) is 0.0583. The Labute approximate surface area is 112 Å². The second-order valence-electron chi connectivity index (χ2n) is 4.49. The quantitative estimate of drug-likeness (QED) is 0.781. The number of aliphatic hydroxyl groups is 1. The van der Waals surface area contributed by atoms with Crippen molar-refractivity contribution in [2.45, 2.75) is 6.10 Å². The van der Waals surface area contributed by atoms with Crippen LogP contribution in [0.5, 0.6) is 0 Å². The molecule has 0 radical (unpaired) electrons. The first-order valence-electron chi connectivity index (χ1n) is 6.36. The molecule has 0 saturated carbocycles. The van der Waals surface area contributed by atoms with Crippen molar-refractivity contribution in [2.75, 3.05) is 44.7 Å². The van der Waals surface area contributed by atoms with Crippen LogP contribution in [0, 0.1) is 11.3 Å². The Kier molecular flexibility index (Phi) is 5.10. The monoisotopic (exact) mass is 262 g/mol. The number of nitrogens with one attached hydrogen (secondary N) is 1. The molecule has 1 saturated heterocycles. The number of hydrogen-bond donors (Lipinski definition) is 2. The van der Waals surface area contributed by atoms with Gasteiger partial charge in [0.25, 0.3) is 0 Å². The molecule has 6 heteroatoms. The van der Waals surface area contributed by atoms with Crippen molar-refractivity contribution in [1.82, 2.24) is 9.88 Å². The first-order chi connectivity index (χ1) is 9.28. The number of hydrogen-bond acceptors (Lipinski definition) is 6. The molecule has 102 valence electrons. The second-order valence-corrected chi connectivity index (χ2v) is 4.49. The first-order valence-corrected chi connectivity index (χ1v) is 6.36. The summed E-state index contributed by atoms with van der Waals surface area (Å²) < 4.78 is 5.26. The molecule has 2 N–H and O–H groups in total. The van der Waals surface area contributed by atoms with Crippen LogP contribution in [0.3, 0.4) is 0 Å². The minimum absolute atomic E-state index is 0.388. The minimum Gasteiger partial charge on any atom is -0.390 e. The fourth-order valence-electron chi connectivity index (χ4n) is 1.95. The number of rotatable bonds is 5. The van der Waals surface area contributed by atoms with Gasteiger partial charge < -0.3 is 15.2 Å². The van der Waals surface area contributed by atoms with Gasteiger partial charge in [-0.2, -0.15) is 5.26 Å². The topological polar surface area (TPSA) is 81.4 Å². The highest BCUT2D eigenvalue weighted by Gasteiger charge is 2.14. The number of nitrogens with zero attached hydrogens (tertiary/aromatic N) is 3. The van der Waals surface area contributed by atoms with Gasteiger partial charge in [0.05, 0.1) is 31.2 Å². The van der Waals surface area contributed by atoms with E-state index in [0.29, 0.717) is 18.8 Å². The number of aliphatic hydroxyl groups excluding tert-OH is 1. The van der Waals surface area contributed by atoms with Crippen molar-refractivity contribution in [3.05, 3.63) is 24.0 Å². The van der Waals surface area contributed by atoms with Crippen molar-refractivity contribution in [2.24, 2.45) is 0 Å². The Hall–Kier alpha value is -1.68. The van der Waals surface area contributed by atoms with Crippen LogP contribution in [-0.2, 0) is 4.74 Å². The number of pyridine rings is 1. The number of nitriles is 1. The zero-order chi connectivity index (χ0) is 13.5. The fourth-order valence-corrected chi connectivity index (χ4v) is 1.95. The van der Waals surface area contributed by atoms with E-state index >= 15 is 0 Å². The lowest BCUT2D eigenvalue weighted by Gasteiger charge is -2.28. The largest absolute Gasteiger partial charge is 0.390 e. The first kappa shape index (κ1) is 13.7. The van der Waals surface area contributed by atoms with Gasteiger partial charge in [-0.3, -0.25) is 4.90 Å². The summed E-state index contributed by atoms with van der Waals surface area (Å²) >= 11 is 0. The molecule has 1 aliphatic rings. The van der Waals surface area contributed by atoms with Gasteiger partial charge in [-0.25, -0.2) is 4.98 Å². The Bertz CT molecular complexity index is 423. The van der Waals surface area contributed by atoms with Crippen molar-refractivity contribution in [3.8, 4) is 6.07 Å². The van der Waals surface area contributed by atoms with Crippen LogP contribution in [0.4, 0.5) is 5.69 Å². The van der Waals surface area contributed by atoms with E-state index in [2.05, 4.69) is 15.2 Å². The molecule has 1 atom stereocenters. The summed E-state index contributed by atoms with van der Waals surface area (Å²) in [5.74, 6) is 0. The molecule has 1 aliphatic heterocycles. The van der Waals surface area contributed by atoms with E-state index < -0.39 is 6.10 Å². The van der Waals surface area contributed by atoms with Crippen LogP contribution in [0.15, 0.2) is 18.3 Å². The van der Waals surface area contributed by atoms with Crippen LogP contribution in [0.2, 0.25) is 0 Å². The maximum Gasteiger partial charge on any atom is 0.140 e. The Balaban J connectivity index is 1.73. The third-order valence-electron chi connectivity index (χ3n) is 2.99. The lowest BCUT2D eigenvalue weighted by Crippen LogP contribution is -2.42.